The molecular weight excluding hydrogens is 426 g/mol. The van der Waals surface area contributed by atoms with Crippen molar-refractivity contribution in [3.63, 3.8) is 0 Å². The molecule has 0 fully saturated rings. The number of esters is 1. The van der Waals surface area contributed by atoms with Crippen molar-refractivity contribution in [1.82, 2.24) is 4.98 Å². The Bertz CT molecular complexity index is 1020. The summed E-state index contributed by atoms with van der Waals surface area (Å²) in [7, 11) is 0. The third-order valence-electron chi connectivity index (χ3n) is 4.94. The molecule has 2 rings (SSSR count). The van der Waals surface area contributed by atoms with Gasteiger partial charge < -0.3 is 15.4 Å². The summed E-state index contributed by atoms with van der Waals surface area (Å²) in [6, 6.07) is 11.9. The number of rotatable bonds is 11. The fourth-order valence-corrected chi connectivity index (χ4v) is 3.40. The monoisotopic (exact) mass is 461 g/mol. The van der Waals surface area contributed by atoms with E-state index >= 15 is 0 Å². The number of carbonyl (C=O) groups excluding carboxylic acids is 1. The van der Waals surface area contributed by atoms with Gasteiger partial charge in [-0.15, -0.1) is 4.99 Å². The van der Waals surface area contributed by atoms with Gasteiger partial charge in [0, 0.05) is 36.6 Å². The Hall–Kier alpha value is -3.66. The van der Waals surface area contributed by atoms with Crippen molar-refractivity contribution in [3.8, 4) is 6.19 Å². The smallest absolute Gasteiger partial charge is 0.305 e. The maximum absolute atomic E-state index is 12.0. The van der Waals surface area contributed by atoms with Gasteiger partial charge in [-0.1, -0.05) is 52.0 Å². The summed E-state index contributed by atoms with van der Waals surface area (Å²) in [5, 5.41) is 8.99. The number of unbranched alkanes of at least 4 members (excludes halogenated alkanes) is 1. The Morgan fingerprint density at radius 3 is 2.62 bits per heavy atom. The van der Waals surface area contributed by atoms with E-state index in [2.05, 4.69) is 29.9 Å². The van der Waals surface area contributed by atoms with Crippen LogP contribution in [0.2, 0.25) is 0 Å². The molecule has 1 aromatic heterocycles. The Morgan fingerprint density at radius 2 is 1.97 bits per heavy atom. The van der Waals surface area contributed by atoms with Crippen LogP contribution >= 0.6 is 0 Å². The number of nitrogens with two attached hydrogens (primary N) is 1. The second-order valence-corrected chi connectivity index (χ2v) is 8.95. The molecule has 0 amide bonds. The summed E-state index contributed by atoms with van der Waals surface area (Å²) >= 11 is 0. The van der Waals surface area contributed by atoms with Crippen LogP contribution in [0, 0.1) is 23.3 Å². The highest BCUT2D eigenvalue weighted by Gasteiger charge is 2.15. The molecule has 0 aliphatic rings. The lowest BCUT2D eigenvalue weighted by Gasteiger charge is -2.25. The van der Waals surface area contributed by atoms with Crippen LogP contribution in [0.15, 0.2) is 59.9 Å². The predicted octanol–water partition coefficient (Wildman–Crippen LogP) is 5.14. The maximum Gasteiger partial charge on any atom is 0.305 e. The van der Waals surface area contributed by atoms with Crippen molar-refractivity contribution in [2.45, 2.75) is 47.0 Å². The molecule has 1 heterocycles. The van der Waals surface area contributed by atoms with E-state index in [-0.39, 0.29) is 11.9 Å². The van der Waals surface area contributed by atoms with Gasteiger partial charge in [-0.2, -0.15) is 5.26 Å². The number of nitriles is 1. The quantitative estimate of drug-likeness (QED) is 0.163. The van der Waals surface area contributed by atoms with E-state index < -0.39 is 0 Å². The van der Waals surface area contributed by atoms with Gasteiger partial charge in [-0.25, -0.2) is 0 Å². The number of guanidine groups is 1. The highest BCUT2D eigenvalue weighted by atomic mass is 16.5. The summed E-state index contributed by atoms with van der Waals surface area (Å²) in [6.07, 6.45) is 9.27. The Kier molecular flexibility index (Phi) is 10.8. The highest BCUT2D eigenvalue weighted by molar-refractivity contribution is 5.96. The molecule has 0 radical (unpaired) electrons. The van der Waals surface area contributed by atoms with E-state index in [1.165, 1.54) is 0 Å². The minimum Gasteiger partial charge on any atom is -0.465 e. The molecule has 2 aromatic rings. The van der Waals surface area contributed by atoms with E-state index in [0.717, 1.165) is 28.8 Å². The van der Waals surface area contributed by atoms with E-state index in [9.17, 15) is 4.79 Å². The normalized spacial score (nSPS) is 12.0. The summed E-state index contributed by atoms with van der Waals surface area (Å²) in [6.45, 7) is 9.30. The first-order valence-corrected chi connectivity index (χ1v) is 11.7. The molecule has 0 aliphatic carbocycles. The fraction of sp³-hybridized carbons (Fsp3) is 0.407. The number of pyridine rings is 1. The molecule has 0 saturated heterocycles. The lowest BCUT2D eigenvalue weighted by molar-refractivity contribution is -0.144. The number of carbonyl (C=O) groups is 1. The Balaban J connectivity index is 2.30. The van der Waals surface area contributed by atoms with E-state index in [4.69, 9.17) is 15.7 Å². The van der Waals surface area contributed by atoms with Crippen LogP contribution in [0.4, 0.5) is 5.69 Å². The number of hydrogen-bond donors (Lipinski definition) is 1. The predicted molar refractivity (Wildman–Crippen MR) is 137 cm³/mol. The fourth-order valence-electron chi connectivity index (χ4n) is 3.40. The third-order valence-corrected chi connectivity index (χ3v) is 4.94. The van der Waals surface area contributed by atoms with Crippen LogP contribution in [0.5, 0.6) is 0 Å². The lowest BCUT2D eigenvalue weighted by atomic mass is 9.97. The number of aromatic nitrogens is 1. The lowest BCUT2D eigenvalue weighted by Crippen LogP contribution is -2.39. The summed E-state index contributed by atoms with van der Waals surface area (Å²) in [5.74, 6) is 0.652. The maximum atomic E-state index is 12.0. The standard InChI is InChI=1S/C27H35N5O2/c1-20(2)17-32(27(29)31-19-28)24-11-7-9-22(15-24)25(23-10-8-14-30-16-23)12-5-6-13-26(33)34-18-21(3)4/h7-12,14-16,20-21H,5-6,13,17-18H2,1-4H3,(H2,29,31)/b25-12+. The van der Waals surface area contributed by atoms with Crippen LogP contribution < -0.4 is 10.6 Å². The number of allylic oxidation sites excluding steroid dienone is 1. The van der Waals surface area contributed by atoms with Crippen molar-refractivity contribution in [3.05, 3.63) is 66.0 Å². The number of hydrogen-bond acceptors (Lipinski definition) is 5. The highest BCUT2D eigenvalue weighted by Crippen LogP contribution is 2.28. The van der Waals surface area contributed by atoms with Crippen molar-refractivity contribution in [2.75, 3.05) is 18.1 Å². The molecule has 7 heteroatoms. The zero-order chi connectivity index (χ0) is 24.9. The average Bonchev–Trinajstić information content (AvgIpc) is 2.82. The second-order valence-electron chi connectivity index (χ2n) is 8.95. The van der Waals surface area contributed by atoms with E-state index in [1.54, 1.807) is 12.4 Å². The molecular formula is C27H35N5O2. The molecule has 0 aliphatic heterocycles. The molecule has 1 aromatic carbocycles. The number of nitrogens with zero attached hydrogens (tertiary/aromatic N) is 4. The molecule has 34 heavy (non-hydrogen) atoms. The third kappa shape index (κ3) is 8.70. The van der Waals surface area contributed by atoms with Gasteiger partial charge in [0.25, 0.3) is 0 Å². The molecule has 180 valence electrons. The Labute approximate surface area is 203 Å². The molecule has 0 spiro atoms. The zero-order valence-electron chi connectivity index (χ0n) is 20.6. The molecule has 0 saturated carbocycles. The van der Waals surface area contributed by atoms with Crippen molar-refractivity contribution >= 4 is 23.2 Å². The largest absolute Gasteiger partial charge is 0.465 e. The minimum atomic E-state index is -0.163. The van der Waals surface area contributed by atoms with Crippen LogP contribution in [0.1, 0.15) is 58.1 Å². The van der Waals surface area contributed by atoms with Gasteiger partial charge in [0.2, 0.25) is 12.2 Å². The number of anilines is 1. The molecule has 0 atom stereocenters. The van der Waals surface area contributed by atoms with Gasteiger partial charge in [-0.05, 0) is 54.0 Å². The van der Waals surface area contributed by atoms with Gasteiger partial charge >= 0.3 is 5.97 Å². The van der Waals surface area contributed by atoms with Gasteiger partial charge in [0.05, 0.1) is 6.61 Å². The van der Waals surface area contributed by atoms with E-state index in [1.807, 2.05) is 61.3 Å². The molecule has 7 nitrogen and oxygen atoms in total. The average molecular weight is 462 g/mol. The summed E-state index contributed by atoms with van der Waals surface area (Å²) in [4.78, 5) is 21.8. The Morgan fingerprint density at radius 1 is 1.21 bits per heavy atom. The van der Waals surface area contributed by atoms with Crippen LogP contribution in [0.3, 0.4) is 0 Å². The SMILES string of the molecule is CC(C)COC(=O)CCC/C=C(/c1cccnc1)c1cccc(N(CC(C)C)C(N)=NC#N)c1. The molecule has 0 bridgehead atoms. The number of ether oxygens (including phenoxy) is 1. The van der Waals surface area contributed by atoms with E-state index in [0.29, 0.717) is 37.8 Å². The number of benzene rings is 1. The van der Waals surface area contributed by atoms with Crippen LogP contribution in [-0.2, 0) is 9.53 Å². The van der Waals surface area contributed by atoms with Gasteiger partial charge in [0.15, 0.2) is 0 Å². The van der Waals surface area contributed by atoms with Crippen molar-refractivity contribution in [2.24, 2.45) is 22.6 Å². The first-order valence-electron chi connectivity index (χ1n) is 11.7. The second kappa shape index (κ2) is 13.8. The summed E-state index contributed by atoms with van der Waals surface area (Å²) in [5.41, 5.74) is 9.95. The number of aliphatic imine (C=N–C) groups is 1. The van der Waals surface area contributed by atoms with Crippen LogP contribution in [0.25, 0.3) is 5.57 Å². The van der Waals surface area contributed by atoms with Gasteiger partial charge in [0.1, 0.15) is 0 Å². The first-order chi connectivity index (χ1) is 16.3. The minimum absolute atomic E-state index is 0.163. The molecule has 2 N–H and O–H groups in total. The zero-order valence-corrected chi connectivity index (χ0v) is 20.6. The molecule has 0 unspecified atom stereocenters. The van der Waals surface area contributed by atoms with Crippen molar-refractivity contribution < 1.29 is 9.53 Å². The van der Waals surface area contributed by atoms with Crippen molar-refractivity contribution in [1.29, 1.82) is 5.26 Å². The first kappa shape index (κ1) is 26.6. The topological polar surface area (TPSA) is 105 Å². The van der Waals surface area contributed by atoms with Crippen LogP contribution in [-0.4, -0.2) is 30.1 Å². The summed E-state index contributed by atoms with van der Waals surface area (Å²) < 4.78 is 5.27. The van der Waals surface area contributed by atoms with Gasteiger partial charge in [-0.3, -0.25) is 9.78 Å².